The summed E-state index contributed by atoms with van der Waals surface area (Å²) in [6.45, 7) is 3.80. The first-order chi connectivity index (χ1) is 10.6. The SMILES string of the molecule is NC(=O)c1cc(Cl)nnc1N1CCN(Cc2ccon2)CC1. The van der Waals surface area contributed by atoms with Crippen molar-refractivity contribution < 1.29 is 9.32 Å². The first kappa shape index (κ1) is 14.7. The van der Waals surface area contributed by atoms with Gasteiger partial charge in [0.05, 0.1) is 11.3 Å². The fraction of sp³-hybridized carbons (Fsp3) is 0.385. The Kier molecular flexibility index (Phi) is 4.21. The maximum atomic E-state index is 11.5. The lowest BCUT2D eigenvalue weighted by molar-refractivity contribution is 0.1000. The minimum atomic E-state index is -0.558. The van der Waals surface area contributed by atoms with E-state index in [9.17, 15) is 4.79 Å². The van der Waals surface area contributed by atoms with Crippen LogP contribution < -0.4 is 10.6 Å². The molecule has 0 bridgehead atoms. The van der Waals surface area contributed by atoms with Crippen molar-refractivity contribution in [1.82, 2.24) is 20.3 Å². The molecule has 1 fully saturated rings. The van der Waals surface area contributed by atoms with Gasteiger partial charge in [-0.3, -0.25) is 9.69 Å². The van der Waals surface area contributed by atoms with Gasteiger partial charge in [0, 0.05) is 38.8 Å². The van der Waals surface area contributed by atoms with Crippen molar-refractivity contribution in [3.8, 4) is 0 Å². The van der Waals surface area contributed by atoms with Gasteiger partial charge in [-0.2, -0.15) is 0 Å². The standard InChI is InChI=1S/C13H15ClN6O2/c14-11-7-10(12(15)21)13(17-16-11)20-4-2-19(3-5-20)8-9-1-6-22-18-9/h1,6-7H,2-5,8H2,(H2,15,21). The molecular formula is C13H15ClN6O2. The molecule has 0 spiro atoms. The predicted octanol–water partition coefficient (Wildman–Crippen LogP) is 0.539. The molecule has 0 radical (unpaired) electrons. The zero-order chi connectivity index (χ0) is 15.5. The third-order valence-corrected chi connectivity index (χ3v) is 3.74. The van der Waals surface area contributed by atoms with Gasteiger partial charge in [-0.1, -0.05) is 16.8 Å². The van der Waals surface area contributed by atoms with Crippen LogP contribution in [0.5, 0.6) is 0 Å². The highest BCUT2D eigenvalue weighted by Crippen LogP contribution is 2.21. The van der Waals surface area contributed by atoms with Crippen molar-refractivity contribution in [2.75, 3.05) is 31.1 Å². The maximum absolute atomic E-state index is 11.5. The van der Waals surface area contributed by atoms with Crippen molar-refractivity contribution in [2.24, 2.45) is 5.73 Å². The molecule has 22 heavy (non-hydrogen) atoms. The summed E-state index contributed by atoms with van der Waals surface area (Å²) in [5, 5.41) is 11.9. The van der Waals surface area contributed by atoms with Gasteiger partial charge in [0.15, 0.2) is 11.0 Å². The Labute approximate surface area is 131 Å². The molecule has 3 rings (SSSR count). The Hall–Kier alpha value is -2.19. The molecule has 2 aromatic heterocycles. The second-order valence-electron chi connectivity index (χ2n) is 5.02. The molecule has 0 atom stereocenters. The number of hydrogen-bond acceptors (Lipinski definition) is 7. The summed E-state index contributed by atoms with van der Waals surface area (Å²) in [5.41, 5.74) is 6.58. The third-order valence-electron chi connectivity index (χ3n) is 3.56. The van der Waals surface area contributed by atoms with E-state index in [0.717, 1.165) is 25.3 Å². The minimum Gasteiger partial charge on any atom is -0.365 e. The molecular weight excluding hydrogens is 308 g/mol. The van der Waals surface area contributed by atoms with Gasteiger partial charge in [-0.05, 0) is 6.07 Å². The number of piperazine rings is 1. The van der Waals surface area contributed by atoms with Crippen LogP contribution in [0, 0.1) is 0 Å². The van der Waals surface area contributed by atoms with Gasteiger partial charge < -0.3 is 15.2 Å². The van der Waals surface area contributed by atoms with Crippen molar-refractivity contribution in [1.29, 1.82) is 0 Å². The van der Waals surface area contributed by atoms with E-state index in [1.54, 1.807) is 6.26 Å². The Balaban J connectivity index is 1.67. The Morgan fingerprint density at radius 1 is 1.32 bits per heavy atom. The number of halogens is 1. The zero-order valence-electron chi connectivity index (χ0n) is 11.8. The van der Waals surface area contributed by atoms with E-state index in [-0.39, 0.29) is 5.15 Å². The molecule has 2 aromatic rings. The largest absolute Gasteiger partial charge is 0.365 e. The van der Waals surface area contributed by atoms with Gasteiger partial charge in [-0.15, -0.1) is 10.2 Å². The van der Waals surface area contributed by atoms with E-state index in [2.05, 4.69) is 20.3 Å². The number of amides is 1. The van der Waals surface area contributed by atoms with Crippen LogP contribution >= 0.6 is 11.6 Å². The average molecular weight is 323 g/mol. The quantitative estimate of drug-likeness (QED) is 0.876. The first-order valence-corrected chi connectivity index (χ1v) is 7.21. The number of nitrogens with zero attached hydrogens (tertiary/aromatic N) is 5. The first-order valence-electron chi connectivity index (χ1n) is 6.83. The van der Waals surface area contributed by atoms with E-state index in [1.165, 1.54) is 6.07 Å². The summed E-state index contributed by atoms with van der Waals surface area (Å²) >= 11 is 5.78. The summed E-state index contributed by atoms with van der Waals surface area (Å²) < 4.78 is 4.83. The van der Waals surface area contributed by atoms with Gasteiger partial charge in [-0.25, -0.2) is 0 Å². The van der Waals surface area contributed by atoms with E-state index in [4.69, 9.17) is 21.9 Å². The summed E-state index contributed by atoms with van der Waals surface area (Å²) in [7, 11) is 0. The predicted molar refractivity (Wildman–Crippen MR) is 79.6 cm³/mol. The second kappa shape index (κ2) is 6.29. The molecule has 9 heteroatoms. The molecule has 0 aliphatic carbocycles. The van der Waals surface area contributed by atoms with Crippen LogP contribution in [0.2, 0.25) is 5.15 Å². The van der Waals surface area contributed by atoms with Crippen molar-refractivity contribution in [2.45, 2.75) is 6.54 Å². The number of aromatic nitrogens is 3. The maximum Gasteiger partial charge on any atom is 0.252 e. The van der Waals surface area contributed by atoms with Crippen molar-refractivity contribution >= 4 is 23.3 Å². The monoisotopic (exact) mass is 322 g/mol. The molecule has 3 heterocycles. The van der Waals surface area contributed by atoms with Crippen LogP contribution in [0.3, 0.4) is 0 Å². The number of primary amides is 1. The highest BCUT2D eigenvalue weighted by Gasteiger charge is 2.23. The highest BCUT2D eigenvalue weighted by molar-refractivity contribution is 6.29. The second-order valence-corrected chi connectivity index (χ2v) is 5.41. The van der Waals surface area contributed by atoms with E-state index < -0.39 is 5.91 Å². The summed E-state index contributed by atoms with van der Waals surface area (Å²) in [4.78, 5) is 15.8. The number of rotatable bonds is 4. The van der Waals surface area contributed by atoms with Gasteiger partial charge >= 0.3 is 0 Å². The molecule has 116 valence electrons. The van der Waals surface area contributed by atoms with Crippen LogP contribution in [0.1, 0.15) is 16.1 Å². The number of nitrogens with two attached hydrogens (primary N) is 1. The van der Waals surface area contributed by atoms with Crippen molar-refractivity contribution in [3.05, 3.63) is 34.8 Å². The number of hydrogen-bond donors (Lipinski definition) is 1. The zero-order valence-corrected chi connectivity index (χ0v) is 12.5. The molecule has 1 aliphatic heterocycles. The average Bonchev–Trinajstić information content (AvgIpc) is 3.01. The molecule has 2 N–H and O–H groups in total. The fourth-order valence-electron chi connectivity index (χ4n) is 2.44. The molecule has 8 nitrogen and oxygen atoms in total. The normalized spacial score (nSPS) is 16.0. The molecule has 1 saturated heterocycles. The van der Waals surface area contributed by atoms with Crippen molar-refractivity contribution in [3.63, 3.8) is 0 Å². The summed E-state index contributed by atoms with van der Waals surface area (Å²) in [6, 6.07) is 3.30. The molecule has 0 aromatic carbocycles. The van der Waals surface area contributed by atoms with Crippen LogP contribution in [0.4, 0.5) is 5.82 Å². The molecule has 1 amide bonds. The molecule has 0 saturated carbocycles. The third kappa shape index (κ3) is 3.18. The molecule has 1 aliphatic rings. The van der Waals surface area contributed by atoms with Gasteiger partial charge in [0.2, 0.25) is 0 Å². The van der Waals surface area contributed by atoms with E-state index in [0.29, 0.717) is 24.5 Å². The van der Waals surface area contributed by atoms with Gasteiger partial charge in [0.1, 0.15) is 6.26 Å². The van der Waals surface area contributed by atoms with E-state index >= 15 is 0 Å². The smallest absolute Gasteiger partial charge is 0.252 e. The van der Waals surface area contributed by atoms with Gasteiger partial charge in [0.25, 0.3) is 5.91 Å². The Morgan fingerprint density at radius 3 is 2.73 bits per heavy atom. The lowest BCUT2D eigenvalue weighted by Crippen LogP contribution is -2.47. The fourth-order valence-corrected chi connectivity index (χ4v) is 2.59. The number of carbonyl (C=O) groups is 1. The highest BCUT2D eigenvalue weighted by atomic mass is 35.5. The topological polar surface area (TPSA) is 101 Å². The van der Waals surface area contributed by atoms with Crippen LogP contribution in [-0.2, 0) is 6.54 Å². The van der Waals surface area contributed by atoms with E-state index in [1.807, 2.05) is 11.0 Å². The summed E-state index contributed by atoms with van der Waals surface area (Å²) in [6.07, 6.45) is 1.56. The number of anilines is 1. The minimum absolute atomic E-state index is 0.155. The number of carbonyl (C=O) groups excluding carboxylic acids is 1. The Morgan fingerprint density at radius 2 is 2.09 bits per heavy atom. The lowest BCUT2D eigenvalue weighted by atomic mass is 10.2. The Bertz CT molecular complexity index is 655. The van der Waals surface area contributed by atoms with Crippen LogP contribution in [0.25, 0.3) is 0 Å². The summed E-state index contributed by atoms with van der Waals surface area (Å²) in [5.74, 6) is -0.0742. The lowest BCUT2D eigenvalue weighted by Gasteiger charge is -2.35. The van der Waals surface area contributed by atoms with Crippen LogP contribution in [0.15, 0.2) is 22.9 Å². The molecule has 0 unspecified atom stereocenters. The van der Waals surface area contributed by atoms with Crippen LogP contribution in [-0.4, -0.2) is 52.3 Å².